The van der Waals surface area contributed by atoms with E-state index in [0.29, 0.717) is 11.1 Å². The molecule has 0 saturated heterocycles. The third-order valence-corrected chi connectivity index (χ3v) is 3.47. The van der Waals surface area contributed by atoms with Crippen molar-refractivity contribution in [2.45, 2.75) is 6.92 Å². The lowest BCUT2D eigenvalue weighted by Crippen LogP contribution is -2.19. The molecule has 0 saturated carbocycles. The zero-order valence-corrected chi connectivity index (χ0v) is 12.5. The number of amides is 1. The Bertz CT molecular complexity index is 940. The molecule has 2 aromatic carbocycles. The SMILES string of the molecule is Cc1ccc(C(=O)N/N=C/c2cc3ccccc3[nH]c2=O)cc1. The number of carbonyl (C=O) groups excluding carboxylic acids is 1. The van der Waals surface area contributed by atoms with E-state index in [2.05, 4.69) is 15.5 Å². The van der Waals surface area contributed by atoms with Crippen molar-refractivity contribution >= 4 is 23.0 Å². The quantitative estimate of drug-likeness (QED) is 0.576. The van der Waals surface area contributed by atoms with E-state index < -0.39 is 0 Å². The van der Waals surface area contributed by atoms with Crippen LogP contribution in [-0.4, -0.2) is 17.1 Å². The molecular formula is C18H15N3O2. The maximum Gasteiger partial charge on any atom is 0.271 e. The summed E-state index contributed by atoms with van der Waals surface area (Å²) in [6.45, 7) is 1.95. The molecule has 3 rings (SSSR count). The summed E-state index contributed by atoms with van der Waals surface area (Å²) in [5.41, 5.74) is 4.90. The minimum atomic E-state index is -0.321. The standard InChI is InChI=1S/C18H15N3O2/c1-12-6-8-13(9-7-12)18(23)21-19-11-15-10-14-4-2-3-5-16(14)20-17(15)22/h2-11H,1H3,(H,20,22)(H,21,23)/b19-11+. The zero-order valence-electron chi connectivity index (χ0n) is 12.5. The van der Waals surface area contributed by atoms with E-state index in [1.54, 1.807) is 18.2 Å². The number of aryl methyl sites for hydroxylation is 1. The van der Waals surface area contributed by atoms with Gasteiger partial charge in [-0.3, -0.25) is 9.59 Å². The molecule has 2 N–H and O–H groups in total. The third kappa shape index (κ3) is 3.35. The Hall–Kier alpha value is -3.21. The molecule has 0 atom stereocenters. The summed E-state index contributed by atoms with van der Waals surface area (Å²) in [6.07, 6.45) is 1.34. The molecule has 0 fully saturated rings. The number of fused-ring (bicyclic) bond motifs is 1. The summed E-state index contributed by atoms with van der Waals surface area (Å²) in [4.78, 5) is 26.7. The number of pyridine rings is 1. The molecule has 5 nitrogen and oxygen atoms in total. The molecule has 5 heteroatoms. The fourth-order valence-corrected chi connectivity index (χ4v) is 2.19. The smallest absolute Gasteiger partial charge is 0.271 e. The molecule has 1 aromatic heterocycles. The van der Waals surface area contributed by atoms with Crippen molar-refractivity contribution in [3.63, 3.8) is 0 Å². The van der Waals surface area contributed by atoms with Crippen molar-refractivity contribution < 1.29 is 4.79 Å². The topological polar surface area (TPSA) is 74.3 Å². The molecule has 0 spiro atoms. The average Bonchev–Trinajstić information content (AvgIpc) is 2.56. The molecule has 1 amide bonds. The molecule has 0 aliphatic rings. The van der Waals surface area contributed by atoms with Crippen LogP contribution >= 0.6 is 0 Å². The molecule has 0 aliphatic heterocycles. The van der Waals surface area contributed by atoms with E-state index in [4.69, 9.17) is 0 Å². The molecule has 0 aliphatic carbocycles. The van der Waals surface area contributed by atoms with Gasteiger partial charge < -0.3 is 4.98 Å². The number of aromatic amines is 1. The Kier molecular flexibility index (Phi) is 4.01. The predicted octanol–water partition coefficient (Wildman–Crippen LogP) is 2.60. The summed E-state index contributed by atoms with van der Waals surface area (Å²) in [5.74, 6) is -0.321. The summed E-state index contributed by atoms with van der Waals surface area (Å²) >= 11 is 0. The zero-order chi connectivity index (χ0) is 16.2. The monoisotopic (exact) mass is 305 g/mol. The largest absolute Gasteiger partial charge is 0.321 e. The first-order valence-electron chi connectivity index (χ1n) is 7.15. The van der Waals surface area contributed by atoms with Crippen molar-refractivity contribution in [3.8, 4) is 0 Å². The predicted molar refractivity (Wildman–Crippen MR) is 90.8 cm³/mol. The number of hydrogen-bond acceptors (Lipinski definition) is 3. The van der Waals surface area contributed by atoms with E-state index in [1.807, 2.05) is 43.3 Å². The van der Waals surface area contributed by atoms with Crippen LogP contribution in [0.1, 0.15) is 21.5 Å². The van der Waals surface area contributed by atoms with Gasteiger partial charge in [-0.25, -0.2) is 5.43 Å². The van der Waals surface area contributed by atoms with Crippen molar-refractivity contribution in [1.82, 2.24) is 10.4 Å². The lowest BCUT2D eigenvalue weighted by Gasteiger charge is -2.01. The van der Waals surface area contributed by atoms with Crippen LogP contribution in [0.2, 0.25) is 0 Å². The Morgan fingerprint density at radius 1 is 1.13 bits per heavy atom. The minimum absolute atomic E-state index is 0.253. The minimum Gasteiger partial charge on any atom is -0.321 e. The van der Waals surface area contributed by atoms with Gasteiger partial charge >= 0.3 is 0 Å². The normalized spacial score (nSPS) is 11.0. The van der Waals surface area contributed by atoms with Gasteiger partial charge in [-0.15, -0.1) is 0 Å². The van der Waals surface area contributed by atoms with Crippen molar-refractivity contribution in [2.75, 3.05) is 0 Å². The fourth-order valence-electron chi connectivity index (χ4n) is 2.19. The summed E-state index contributed by atoms with van der Waals surface area (Å²) in [6, 6.07) is 16.4. The second kappa shape index (κ2) is 6.27. The highest BCUT2D eigenvalue weighted by Crippen LogP contribution is 2.09. The van der Waals surface area contributed by atoms with Crippen molar-refractivity contribution in [3.05, 3.63) is 81.6 Å². The number of rotatable bonds is 3. The highest BCUT2D eigenvalue weighted by molar-refractivity contribution is 5.95. The Morgan fingerprint density at radius 3 is 2.65 bits per heavy atom. The van der Waals surface area contributed by atoms with E-state index in [9.17, 15) is 9.59 Å². The van der Waals surface area contributed by atoms with Crippen LogP contribution < -0.4 is 11.0 Å². The first-order valence-corrected chi connectivity index (χ1v) is 7.15. The number of carbonyl (C=O) groups is 1. The lowest BCUT2D eigenvalue weighted by atomic mass is 10.1. The van der Waals surface area contributed by atoms with Crippen LogP contribution in [0.3, 0.4) is 0 Å². The maximum atomic E-state index is 12.0. The summed E-state index contributed by atoms with van der Waals surface area (Å²) in [5, 5.41) is 4.76. The van der Waals surface area contributed by atoms with Crippen LogP contribution in [0, 0.1) is 6.92 Å². The molecule has 0 unspecified atom stereocenters. The third-order valence-electron chi connectivity index (χ3n) is 3.47. The Balaban J connectivity index is 1.77. The Labute approximate surface area is 132 Å². The highest BCUT2D eigenvalue weighted by Gasteiger charge is 2.03. The van der Waals surface area contributed by atoms with Gasteiger partial charge in [0.05, 0.1) is 11.8 Å². The van der Waals surface area contributed by atoms with E-state index in [-0.39, 0.29) is 11.5 Å². The molecule has 1 heterocycles. The van der Waals surface area contributed by atoms with E-state index in [0.717, 1.165) is 16.5 Å². The van der Waals surface area contributed by atoms with Crippen LogP contribution in [-0.2, 0) is 0 Å². The number of nitrogens with one attached hydrogen (secondary N) is 2. The second-order valence-electron chi connectivity index (χ2n) is 5.21. The molecule has 0 radical (unpaired) electrons. The van der Waals surface area contributed by atoms with Gasteiger partial charge in [-0.2, -0.15) is 5.10 Å². The van der Waals surface area contributed by atoms with E-state index >= 15 is 0 Å². The van der Waals surface area contributed by atoms with Gasteiger partial charge in [0.2, 0.25) is 0 Å². The van der Waals surface area contributed by atoms with Crippen LogP contribution in [0.4, 0.5) is 0 Å². The molecule has 0 bridgehead atoms. The molecule has 114 valence electrons. The number of hydrogen-bond donors (Lipinski definition) is 2. The van der Waals surface area contributed by atoms with Crippen molar-refractivity contribution in [1.29, 1.82) is 0 Å². The lowest BCUT2D eigenvalue weighted by molar-refractivity contribution is 0.0955. The van der Waals surface area contributed by atoms with Gasteiger partial charge in [0, 0.05) is 11.1 Å². The van der Waals surface area contributed by atoms with Crippen LogP contribution in [0.15, 0.2) is 64.5 Å². The van der Waals surface area contributed by atoms with Crippen molar-refractivity contribution in [2.24, 2.45) is 5.10 Å². The van der Waals surface area contributed by atoms with Crippen LogP contribution in [0.25, 0.3) is 10.9 Å². The number of aromatic nitrogens is 1. The number of hydrazone groups is 1. The molecule has 23 heavy (non-hydrogen) atoms. The fraction of sp³-hybridized carbons (Fsp3) is 0.0556. The van der Waals surface area contributed by atoms with Crippen LogP contribution in [0.5, 0.6) is 0 Å². The van der Waals surface area contributed by atoms with Gasteiger partial charge in [-0.05, 0) is 36.6 Å². The maximum absolute atomic E-state index is 12.0. The summed E-state index contributed by atoms with van der Waals surface area (Å²) < 4.78 is 0. The number of benzene rings is 2. The van der Waals surface area contributed by atoms with Gasteiger partial charge in [-0.1, -0.05) is 35.9 Å². The first-order chi connectivity index (χ1) is 11.1. The van der Waals surface area contributed by atoms with Gasteiger partial charge in [0.25, 0.3) is 11.5 Å². The number of H-pyrrole nitrogens is 1. The number of para-hydroxylation sites is 1. The summed E-state index contributed by atoms with van der Waals surface area (Å²) in [7, 11) is 0. The molecular weight excluding hydrogens is 290 g/mol. The first kappa shape index (κ1) is 14.7. The molecule has 3 aromatic rings. The average molecular weight is 305 g/mol. The Morgan fingerprint density at radius 2 is 1.87 bits per heavy atom. The second-order valence-corrected chi connectivity index (χ2v) is 5.21. The highest BCUT2D eigenvalue weighted by atomic mass is 16.2. The van der Waals surface area contributed by atoms with Gasteiger partial charge in [0.15, 0.2) is 0 Å². The van der Waals surface area contributed by atoms with E-state index in [1.165, 1.54) is 6.21 Å². The van der Waals surface area contributed by atoms with Gasteiger partial charge in [0.1, 0.15) is 0 Å². The number of nitrogens with zero attached hydrogens (tertiary/aromatic N) is 1.